The summed E-state index contributed by atoms with van der Waals surface area (Å²) in [6.45, 7) is -0.223. The molecule has 0 saturated heterocycles. The molecular weight excluding hydrogens is 318 g/mol. The summed E-state index contributed by atoms with van der Waals surface area (Å²) >= 11 is 0. The summed E-state index contributed by atoms with van der Waals surface area (Å²) in [6, 6.07) is 11.3. The SMILES string of the molecule is COc1cc(S(C)(=O)=O)c(Oc2ccccc2)cc1C(=O)CN. The molecule has 0 heterocycles. The van der Waals surface area contributed by atoms with Crippen LogP contribution in [0.4, 0.5) is 0 Å². The first-order valence-electron chi connectivity index (χ1n) is 6.75. The van der Waals surface area contributed by atoms with E-state index < -0.39 is 9.84 Å². The van der Waals surface area contributed by atoms with Gasteiger partial charge in [0.15, 0.2) is 15.6 Å². The molecule has 2 N–H and O–H groups in total. The number of carbonyl (C=O) groups is 1. The van der Waals surface area contributed by atoms with Crippen molar-refractivity contribution < 1.29 is 22.7 Å². The van der Waals surface area contributed by atoms with Gasteiger partial charge in [0.05, 0.1) is 19.2 Å². The maximum Gasteiger partial charge on any atom is 0.180 e. The van der Waals surface area contributed by atoms with Crippen LogP contribution in [0.3, 0.4) is 0 Å². The topological polar surface area (TPSA) is 95.7 Å². The molecule has 0 saturated carbocycles. The second-order valence-corrected chi connectivity index (χ2v) is 6.80. The van der Waals surface area contributed by atoms with Gasteiger partial charge in [-0.2, -0.15) is 0 Å². The van der Waals surface area contributed by atoms with E-state index in [4.69, 9.17) is 15.2 Å². The van der Waals surface area contributed by atoms with Gasteiger partial charge in [-0.25, -0.2) is 8.42 Å². The minimum Gasteiger partial charge on any atom is -0.496 e. The summed E-state index contributed by atoms with van der Waals surface area (Å²) in [7, 11) is -2.23. The normalized spacial score (nSPS) is 11.1. The standard InChI is InChI=1S/C16H17NO5S/c1-21-14-9-16(23(2,19)20)15(8-12(14)13(18)10-17)22-11-6-4-3-5-7-11/h3-9H,10,17H2,1-2H3. The van der Waals surface area contributed by atoms with Gasteiger partial charge in [-0.05, 0) is 18.2 Å². The highest BCUT2D eigenvalue weighted by atomic mass is 32.2. The van der Waals surface area contributed by atoms with Gasteiger partial charge >= 0.3 is 0 Å². The van der Waals surface area contributed by atoms with Gasteiger partial charge in [0.25, 0.3) is 0 Å². The van der Waals surface area contributed by atoms with Crippen molar-refractivity contribution >= 4 is 15.6 Å². The molecule has 0 amide bonds. The van der Waals surface area contributed by atoms with Crippen molar-refractivity contribution in [3.8, 4) is 17.2 Å². The monoisotopic (exact) mass is 335 g/mol. The van der Waals surface area contributed by atoms with Crippen LogP contribution in [0.5, 0.6) is 17.2 Å². The Hall–Kier alpha value is -2.38. The van der Waals surface area contributed by atoms with Crippen molar-refractivity contribution in [3.63, 3.8) is 0 Å². The third-order valence-corrected chi connectivity index (χ3v) is 4.24. The van der Waals surface area contributed by atoms with E-state index in [-0.39, 0.29) is 34.3 Å². The smallest absolute Gasteiger partial charge is 0.180 e. The first kappa shape index (κ1) is 17.0. The van der Waals surface area contributed by atoms with E-state index in [2.05, 4.69) is 0 Å². The van der Waals surface area contributed by atoms with E-state index in [0.717, 1.165) is 6.26 Å². The van der Waals surface area contributed by atoms with E-state index >= 15 is 0 Å². The molecule has 0 radical (unpaired) electrons. The van der Waals surface area contributed by atoms with Gasteiger partial charge < -0.3 is 15.2 Å². The van der Waals surface area contributed by atoms with Crippen LogP contribution in [-0.4, -0.2) is 34.1 Å². The molecule has 0 unspecified atom stereocenters. The summed E-state index contributed by atoms with van der Waals surface area (Å²) in [5.41, 5.74) is 5.56. The maximum absolute atomic E-state index is 12.0. The molecule has 0 atom stereocenters. The lowest BCUT2D eigenvalue weighted by Gasteiger charge is -2.14. The Labute approximate surface area is 134 Å². The molecule has 7 heteroatoms. The molecule has 0 aliphatic heterocycles. The fraction of sp³-hybridized carbons (Fsp3) is 0.188. The molecule has 2 aromatic rings. The molecule has 0 spiro atoms. The maximum atomic E-state index is 12.0. The lowest BCUT2D eigenvalue weighted by Crippen LogP contribution is -2.15. The lowest BCUT2D eigenvalue weighted by atomic mass is 10.1. The Morgan fingerprint density at radius 1 is 1.13 bits per heavy atom. The number of methoxy groups -OCH3 is 1. The fourth-order valence-electron chi connectivity index (χ4n) is 2.02. The number of benzene rings is 2. The fourth-order valence-corrected chi connectivity index (χ4v) is 2.81. The van der Waals surface area contributed by atoms with Crippen LogP contribution < -0.4 is 15.2 Å². The number of ether oxygens (including phenoxy) is 2. The zero-order chi connectivity index (χ0) is 17.0. The molecule has 0 bridgehead atoms. The zero-order valence-electron chi connectivity index (χ0n) is 12.8. The van der Waals surface area contributed by atoms with Crippen LogP contribution in [0.25, 0.3) is 0 Å². The van der Waals surface area contributed by atoms with Crippen LogP contribution >= 0.6 is 0 Å². The molecule has 23 heavy (non-hydrogen) atoms. The van der Waals surface area contributed by atoms with Crippen LogP contribution in [-0.2, 0) is 9.84 Å². The van der Waals surface area contributed by atoms with Crippen molar-refractivity contribution in [3.05, 3.63) is 48.0 Å². The van der Waals surface area contributed by atoms with Gasteiger partial charge in [0.2, 0.25) is 0 Å². The Kier molecular flexibility index (Phi) is 5.02. The molecule has 0 aromatic heterocycles. The average Bonchev–Trinajstić information content (AvgIpc) is 2.53. The van der Waals surface area contributed by atoms with Gasteiger partial charge in [-0.1, -0.05) is 18.2 Å². The highest BCUT2D eigenvalue weighted by Crippen LogP contribution is 2.35. The summed E-state index contributed by atoms with van der Waals surface area (Å²) in [5.74, 6) is 0.270. The van der Waals surface area contributed by atoms with Gasteiger partial charge in [0, 0.05) is 12.3 Å². The highest BCUT2D eigenvalue weighted by Gasteiger charge is 2.22. The van der Waals surface area contributed by atoms with E-state index in [1.54, 1.807) is 24.3 Å². The Morgan fingerprint density at radius 2 is 1.78 bits per heavy atom. The number of ketones is 1. The molecule has 2 rings (SSSR count). The summed E-state index contributed by atoms with van der Waals surface area (Å²) < 4.78 is 34.8. The zero-order valence-corrected chi connectivity index (χ0v) is 13.6. The highest BCUT2D eigenvalue weighted by molar-refractivity contribution is 7.90. The van der Waals surface area contributed by atoms with Crippen LogP contribution in [0.1, 0.15) is 10.4 Å². The van der Waals surface area contributed by atoms with E-state index in [9.17, 15) is 13.2 Å². The average molecular weight is 335 g/mol. The first-order chi connectivity index (χ1) is 10.9. The second-order valence-electron chi connectivity index (χ2n) is 4.81. The van der Waals surface area contributed by atoms with Crippen LogP contribution in [0.2, 0.25) is 0 Å². The van der Waals surface area contributed by atoms with Crippen LogP contribution in [0, 0.1) is 0 Å². The third kappa shape index (κ3) is 3.88. The quantitative estimate of drug-likeness (QED) is 0.812. The predicted octanol–water partition coefficient (Wildman–Crippen LogP) is 2.03. The first-order valence-corrected chi connectivity index (χ1v) is 8.64. The number of Topliss-reactive ketones (excluding diaryl/α,β-unsaturated/α-hetero) is 1. The number of para-hydroxylation sites is 1. The summed E-state index contributed by atoms with van der Waals surface area (Å²) in [5, 5.41) is 0. The minimum atomic E-state index is -3.58. The van der Waals surface area contributed by atoms with Gasteiger partial charge in [-0.15, -0.1) is 0 Å². The molecule has 122 valence electrons. The van der Waals surface area contributed by atoms with Crippen molar-refractivity contribution in [2.24, 2.45) is 5.73 Å². The second kappa shape index (κ2) is 6.80. The molecule has 2 aromatic carbocycles. The Morgan fingerprint density at radius 3 is 2.30 bits per heavy atom. The van der Waals surface area contributed by atoms with E-state index in [0.29, 0.717) is 5.75 Å². The number of hydrogen-bond donors (Lipinski definition) is 1. The minimum absolute atomic E-state index is 0.0521. The number of hydrogen-bond acceptors (Lipinski definition) is 6. The third-order valence-electron chi connectivity index (χ3n) is 3.12. The van der Waals surface area contributed by atoms with Crippen molar-refractivity contribution in [2.75, 3.05) is 19.9 Å². The molecule has 0 fully saturated rings. The Bertz CT molecular complexity index is 816. The largest absolute Gasteiger partial charge is 0.496 e. The summed E-state index contributed by atoms with van der Waals surface area (Å²) in [4.78, 5) is 11.9. The summed E-state index contributed by atoms with van der Waals surface area (Å²) in [6.07, 6.45) is 1.06. The molecule has 0 aliphatic rings. The predicted molar refractivity (Wildman–Crippen MR) is 86.0 cm³/mol. The van der Waals surface area contributed by atoms with Crippen molar-refractivity contribution in [2.45, 2.75) is 4.90 Å². The lowest BCUT2D eigenvalue weighted by molar-refractivity contribution is 0.0998. The van der Waals surface area contributed by atoms with Gasteiger partial charge in [0.1, 0.15) is 22.1 Å². The van der Waals surface area contributed by atoms with Crippen LogP contribution in [0.15, 0.2) is 47.4 Å². The van der Waals surface area contributed by atoms with E-state index in [1.807, 2.05) is 6.07 Å². The molecular formula is C16H17NO5S. The Balaban J connectivity index is 2.64. The van der Waals surface area contributed by atoms with Gasteiger partial charge in [-0.3, -0.25) is 4.79 Å². The van der Waals surface area contributed by atoms with Crippen molar-refractivity contribution in [1.29, 1.82) is 0 Å². The van der Waals surface area contributed by atoms with Crippen molar-refractivity contribution in [1.82, 2.24) is 0 Å². The number of rotatable bonds is 6. The number of nitrogens with two attached hydrogens (primary N) is 1. The molecule has 6 nitrogen and oxygen atoms in total. The number of carbonyl (C=O) groups excluding carboxylic acids is 1. The molecule has 0 aliphatic carbocycles. The van der Waals surface area contributed by atoms with E-state index in [1.165, 1.54) is 19.2 Å². The number of sulfone groups is 1.